The highest BCUT2D eigenvalue weighted by molar-refractivity contribution is 6.31. The molecule has 2 aromatic heterocycles. The van der Waals surface area contributed by atoms with Gasteiger partial charge in [0.1, 0.15) is 0 Å². The van der Waals surface area contributed by atoms with E-state index in [2.05, 4.69) is 15.1 Å². The minimum Gasteiger partial charge on any atom is -0.493 e. The number of methoxy groups -OCH3 is 2. The van der Waals surface area contributed by atoms with Crippen LogP contribution >= 0.6 is 11.6 Å². The van der Waals surface area contributed by atoms with Crippen LogP contribution in [0.5, 0.6) is 11.5 Å². The molecule has 0 radical (unpaired) electrons. The molecule has 0 spiro atoms. The van der Waals surface area contributed by atoms with Crippen LogP contribution in [0.3, 0.4) is 0 Å². The average molecular weight is 357 g/mol. The number of fused-ring (bicyclic) bond motifs is 3. The number of aromatic nitrogens is 4. The molecule has 2 aromatic carbocycles. The first-order valence-corrected chi connectivity index (χ1v) is 7.79. The highest BCUT2D eigenvalue weighted by Crippen LogP contribution is 2.31. The summed E-state index contributed by atoms with van der Waals surface area (Å²) in [5.74, 6) is 1.56. The summed E-state index contributed by atoms with van der Waals surface area (Å²) >= 11 is 6.08. The van der Waals surface area contributed by atoms with Crippen molar-refractivity contribution in [3.63, 3.8) is 0 Å². The molecule has 25 heavy (non-hydrogen) atoms. The molecule has 0 fully saturated rings. The molecule has 0 atom stereocenters. The van der Waals surface area contributed by atoms with Crippen LogP contribution in [0.2, 0.25) is 5.02 Å². The van der Waals surface area contributed by atoms with E-state index < -0.39 is 0 Å². The molecule has 7 nitrogen and oxygen atoms in total. The van der Waals surface area contributed by atoms with Crippen LogP contribution in [0.1, 0.15) is 0 Å². The third-order valence-electron chi connectivity index (χ3n) is 3.91. The van der Waals surface area contributed by atoms with Crippen LogP contribution in [0.4, 0.5) is 0 Å². The van der Waals surface area contributed by atoms with Gasteiger partial charge in [0, 0.05) is 16.0 Å². The predicted molar refractivity (Wildman–Crippen MR) is 94.7 cm³/mol. The minimum atomic E-state index is -0.371. The first kappa shape index (κ1) is 15.5. The van der Waals surface area contributed by atoms with Crippen molar-refractivity contribution in [3.8, 4) is 22.9 Å². The Labute approximate surface area is 146 Å². The van der Waals surface area contributed by atoms with Gasteiger partial charge in [-0.25, -0.2) is 9.78 Å². The van der Waals surface area contributed by atoms with E-state index in [9.17, 15) is 4.79 Å². The van der Waals surface area contributed by atoms with Gasteiger partial charge in [-0.2, -0.15) is 4.52 Å². The third-order valence-corrected chi connectivity index (χ3v) is 4.14. The van der Waals surface area contributed by atoms with Crippen LogP contribution in [0.15, 0.2) is 41.2 Å². The second kappa shape index (κ2) is 5.78. The van der Waals surface area contributed by atoms with Gasteiger partial charge >= 0.3 is 5.69 Å². The van der Waals surface area contributed by atoms with Gasteiger partial charge in [-0.15, -0.1) is 5.10 Å². The number of aromatic amines is 1. The van der Waals surface area contributed by atoms with Crippen molar-refractivity contribution in [3.05, 3.63) is 51.9 Å². The number of benzene rings is 2. The quantitative estimate of drug-likeness (QED) is 0.610. The summed E-state index contributed by atoms with van der Waals surface area (Å²) in [7, 11) is 3.12. The Morgan fingerprint density at radius 2 is 1.88 bits per heavy atom. The number of rotatable bonds is 3. The lowest BCUT2D eigenvalue weighted by atomic mass is 10.2. The number of H-pyrrole nitrogens is 1. The van der Waals surface area contributed by atoms with Crippen LogP contribution in [0.25, 0.3) is 27.9 Å². The van der Waals surface area contributed by atoms with E-state index in [4.69, 9.17) is 21.1 Å². The lowest BCUT2D eigenvalue weighted by molar-refractivity contribution is 0.355. The lowest BCUT2D eigenvalue weighted by Gasteiger charge is -2.07. The highest BCUT2D eigenvalue weighted by atomic mass is 35.5. The van der Waals surface area contributed by atoms with Crippen molar-refractivity contribution in [2.24, 2.45) is 0 Å². The molecule has 0 amide bonds. The van der Waals surface area contributed by atoms with Crippen LogP contribution in [-0.2, 0) is 0 Å². The summed E-state index contributed by atoms with van der Waals surface area (Å²) < 4.78 is 11.8. The Morgan fingerprint density at radius 3 is 2.64 bits per heavy atom. The van der Waals surface area contributed by atoms with Gasteiger partial charge in [0.05, 0.1) is 19.7 Å². The molecule has 1 N–H and O–H groups in total. The molecule has 0 saturated carbocycles. The molecule has 4 aromatic rings. The maximum Gasteiger partial charge on any atom is 0.348 e. The van der Waals surface area contributed by atoms with Gasteiger partial charge in [-0.3, -0.25) is 0 Å². The smallest absolute Gasteiger partial charge is 0.348 e. The molecular formula is C17H13ClN4O3. The van der Waals surface area contributed by atoms with Gasteiger partial charge < -0.3 is 14.5 Å². The number of hydrogen-bond donors (Lipinski definition) is 1. The van der Waals surface area contributed by atoms with Gasteiger partial charge in [0.25, 0.3) is 0 Å². The molecule has 0 aliphatic carbocycles. The first-order chi connectivity index (χ1) is 12.1. The van der Waals surface area contributed by atoms with Crippen molar-refractivity contribution in [1.29, 1.82) is 0 Å². The van der Waals surface area contributed by atoms with Crippen molar-refractivity contribution in [2.45, 2.75) is 0 Å². The zero-order valence-corrected chi connectivity index (χ0v) is 14.2. The molecule has 0 aliphatic heterocycles. The minimum absolute atomic E-state index is 0.371. The van der Waals surface area contributed by atoms with Gasteiger partial charge in [-0.1, -0.05) is 11.6 Å². The second-order valence-electron chi connectivity index (χ2n) is 5.36. The van der Waals surface area contributed by atoms with E-state index in [1.165, 1.54) is 4.52 Å². The number of nitrogens with one attached hydrogen (secondary N) is 1. The standard InChI is InChI=1S/C17H13ClN4O3/c1-24-13-6-3-9(7-14(13)25-2)15-20-16-11-8-10(18)4-5-12(11)19-17(23)22(16)21-15/h3-8H,1-2H3,(H,19,23). The molecule has 8 heteroatoms. The van der Waals surface area contributed by atoms with Gasteiger partial charge in [-0.05, 0) is 36.4 Å². The highest BCUT2D eigenvalue weighted by Gasteiger charge is 2.14. The summed E-state index contributed by atoms with van der Waals surface area (Å²) in [5, 5.41) is 5.58. The fourth-order valence-corrected chi connectivity index (χ4v) is 2.88. The van der Waals surface area contributed by atoms with E-state index in [1.807, 2.05) is 0 Å². The molecule has 126 valence electrons. The van der Waals surface area contributed by atoms with Crippen molar-refractivity contribution in [2.75, 3.05) is 14.2 Å². The van der Waals surface area contributed by atoms with Crippen LogP contribution in [-0.4, -0.2) is 33.8 Å². The Hall–Kier alpha value is -3.06. The summed E-state index contributed by atoms with van der Waals surface area (Å²) in [6, 6.07) is 10.5. The number of ether oxygens (including phenoxy) is 2. The lowest BCUT2D eigenvalue weighted by Crippen LogP contribution is -2.17. The Balaban J connectivity index is 1.98. The number of hydrogen-bond acceptors (Lipinski definition) is 5. The molecule has 2 heterocycles. The fourth-order valence-electron chi connectivity index (χ4n) is 2.70. The normalized spacial score (nSPS) is 11.2. The van der Waals surface area contributed by atoms with E-state index in [0.29, 0.717) is 44.5 Å². The monoisotopic (exact) mass is 356 g/mol. The predicted octanol–water partition coefficient (Wildman–Crippen LogP) is 2.91. The average Bonchev–Trinajstić information content (AvgIpc) is 3.08. The maximum atomic E-state index is 12.3. The number of halogens is 1. The van der Waals surface area contributed by atoms with Crippen molar-refractivity contribution >= 4 is 28.2 Å². The number of nitrogens with zero attached hydrogens (tertiary/aromatic N) is 3. The van der Waals surface area contributed by atoms with E-state index in [0.717, 1.165) is 0 Å². The van der Waals surface area contributed by atoms with E-state index in [1.54, 1.807) is 50.6 Å². The third kappa shape index (κ3) is 2.49. The fraction of sp³-hybridized carbons (Fsp3) is 0.118. The summed E-state index contributed by atoms with van der Waals surface area (Å²) in [4.78, 5) is 19.6. The molecule has 0 bridgehead atoms. The Morgan fingerprint density at radius 1 is 1.08 bits per heavy atom. The maximum absolute atomic E-state index is 12.3. The zero-order valence-electron chi connectivity index (χ0n) is 13.4. The zero-order chi connectivity index (χ0) is 17.6. The second-order valence-corrected chi connectivity index (χ2v) is 5.80. The SMILES string of the molecule is COc1ccc(-c2nc3c4cc(Cl)ccc4[nH]c(=O)n3n2)cc1OC. The van der Waals surface area contributed by atoms with E-state index in [-0.39, 0.29) is 5.69 Å². The Kier molecular flexibility index (Phi) is 3.58. The first-order valence-electron chi connectivity index (χ1n) is 7.41. The van der Waals surface area contributed by atoms with Crippen molar-refractivity contribution < 1.29 is 9.47 Å². The largest absolute Gasteiger partial charge is 0.493 e. The van der Waals surface area contributed by atoms with E-state index >= 15 is 0 Å². The summed E-state index contributed by atoms with van der Waals surface area (Å²) in [6.07, 6.45) is 0. The van der Waals surface area contributed by atoms with Crippen molar-refractivity contribution in [1.82, 2.24) is 19.6 Å². The molecule has 4 rings (SSSR count). The topological polar surface area (TPSA) is 81.5 Å². The van der Waals surface area contributed by atoms with Gasteiger partial charge in [0.15, 0.2) is 23.0 Å². The molecule has 0 saturated heterocycles. The van der Waals surface area contributed by atoms with Crippen LogP contribution in [0, 0.1) is 0 Å². The molecular weight excluding hydrogens is 344 g/mol. The Bertz CT molecular complexity index is 1170. The van der Waals surface area contributed by atoms with Crippen LogP contribution < -0.4 is 15.2 Å². The molecule has 0 unspecified atom stereocenters. The summed E-state index contributed by atoms with van der Waals surface area (Å²) in [6.45, 7) is 0. The molecule has 0 aliphatic rings. The summed E-state index contributed by atoms with van der Waals surface area (Å²) in [5.41, 5.74) is 1.42. The van der Waals surface area contributed by atoms with Gasteiger partial charge in [0.2, 0.25) is 0 Å².